The molecule has 0 fully saturated rings. The van der Waals surface area contributed by atoms with E-state index in [1.807, 2.05) is 24.3 Å². The van der Waals surface area contributed by atoms with Crippen molar-refractivity contribution in [1.29, 1.82) is 0 Å². The van der Waals surface area contributed by atoms with Crippen molar-refractivity contribution in [2.75, 3.05) is 24.9 Å². The molecule has 28 heavy (non-hydrogen) atoms. The highest BCUT2D eigenvalue weighted by Crippen LogP contribution is 2.27. The Kier molecular flexibility index (Phi) is 6.35. The normalized spacial score (nSPS) is 10.2. The lowest BCUT2D eigenvalue weighted by Gasteiger charge is -2.10. The van der Waals surface area contributed by atoms with Crippen LogP contribution in [0.2, 0.25) is 0 Å². The fourth-order valence-electron chi connectivity index (χ4n) is 2.54. The van der Waals surface area contributed by atoms with E-state index in [9.17, 15) is 4.79 Å². The number of carbonyl (C=O) groups is 1. The summed E-state index contributed by atoms with van der Waals surface area (Å²) in [5, 5.41) is 14.0. The minimum Gasteiger partial charge on any atom is -0.493 e. The van der Waals surface area contributed by atoms with Crippen LogP contribution >= 0.6 is 0 Å². The summed E-state index contributed by atoms with van der Waals surface area (Å²) in [6, 6.07) is 14.5. The summed E-state index contributed by atoms with van der Waals surface area (Å²) in [5.74, 6) is 1.98. The fraction of sp³-hybridized carbons (Fsp3) is 0.200. The smallest absolute Gasteiger partial charge is 0.229 e. The van der Waals surface area contributed by atoms with Gasteiger partial charge in [0.2, 0.25) is 5.91 Å². The van der Waals surface area contributed by atoms with Gasteiger partial charge < -0.3 is 20.1 Å². The Hall–Kier alpha value is -3.68. The second-order valence-electron chi connectivity index (χ2n) is 5.89. The third kappa shape index (κ3) is 5.16. The monoisotopic (exact) mass is 379 g/mol. The van der Waals surface area contributed by atoms with E-state index in [1.54, 1.807) is 44.7 Å². The molecule has 8 nitrogen and oxygen atoms in total. The topological polar surface area (TPSA) is 98.3 Å². The zero-order valence-electron chi connectivity index (χ0n) is 15.7. The van der Waals surface area contributed by atoms with Crippen molar-refractivity contribution >= 4 is 17.5 Å². The maximum Gasteiger partial charge on any atom is 0.229 e. The highest BCUT2D eigenvalue weighted by Gasteiger charge is 2.09. The average Bonchev–Trinajstić information content (AvgIpc) is 2.74. The molecule has 3 rings (SSSR count). The molecule has 0 saturated heterocycles. The number of benzene rings is 1. The molecule has 0 aliphatic carbocycles. The number of aromatic nitrogens is 3. The first kappa shape index (κ1) is 19.1. The first-order valence-electron chi connectivity index (χ1n) is 8.66. The van der Waals surface area contributed by atoms with Gasteiger partial charge in [-0.2, -0.15) is 0 Å². The van der Waals surface area contributed by atoms with Crippen LogP contribution in [0.1, 0.15) is 11.3 Å². The lowest BCUT2D eigenvalue weighted by molar-refractivity contribution is -0.115. The van der Waals surface area contributed by atoms with Crippen molar-refractivity contribution in [3.05, 3.63) is 66.0 Å². The van der Waals surface area contributed by atoms with Gasteiger partial charge in [0.05, 0.1) is 32.9 Å². The summed E-state index contributed by atoms with van der Waals surface area (Å²) < 4.78 is 10.5. The SMILES string of the molecule is COc1ccc(CC(=O)Nc2ccc(NCc3ccccn3)nn2)cc1OC. The number of nitrogens with zero attached hydrogens (tertiary/aromatic N) is 3. The lowest BCUT2D eigenvalue weighted by atomic mass is 10.1. The summed E-state index contributed by atoms with van der Waals surface area (Å²) in [6.45, 7) is 0.542. The Morgan fingerprint density at radius 1 is 0.964 bits per heavy atom. The van der Waals surface area contributed by atoms with Gasteiger partial charge in [-0.1, -0.05) is 12.1 Å². The van der Waals surface area contributed by atoms with Crippen molar-refractivity contribution in [1.82, 2.24) is 15.2 Å². The molecule has 144 valence electrons. The fourth-order valence-corrected chi connectivity index (χ4v) is 2.54. The van der Waals surface area contributed by atoms with Crippen LogP contribution in [-0.4, -0.2) is 35.3 Å². The van der Waals surface area contributed by atoms with Crippen molar-refractivity contribution in [3.63, 3.8) is 0 Å². The first-order chi connectivity index (χ1) is 13.7. The Labute approximate surface area is 162 Å². The lowest BCUT2D eigenvalue weighted by Crippen LogP contribution is -2.16. The molecule has 8 heteroatoms. The van der Waals surface area contributed by atoms with E-state index in [1.165, 1.54) is 0 Å². The number of amides is 1. The van der Waals surface area contributed by atoms with Crippen LogP contribution in [0.5, 0.6) is 11.5 Å². The second kappa shape index (κ2) is 9.31. The van der Waals surface area contributed by atoms with E-state index < -0.39 is 0 Å². The predicted octanol–water partition coefficient (Wildman–Crippen LogP) is 2.68. The first-order valence-corrected chi connectivity index (χ1v) is 8.66. The zero-order chi connectivity index (χ0) is 19.8. The molecule has 0 spiro atoms. The van der Waals surface area contributed by atoms with E-state index >= 15 is 0 Å². The number of carbonyl (C=O) groups excluding carboxylic acids is 1. The Morgan fingerprint density at radius 2 is 1.75 bits per heavy atom. The highest BCUT2D eigenvalue weighted by atomic mass is 16.5. The summed E-state index contributed by atoms with van der Waals surface area (Å²) in [7, 11) is 3.12. The van der Waals surface area contributed by atoms with Crippen LogP contribution in [-0.2, 0) is 17.8 Å². The molecule has 1 aromatic carbocycles. The summed E-state index contributed by atoms with van der Waals surface area (Å²) >= 11 is 0. The summed E-state index contributed by atoms with van der Waals surface area (Å²) in [5.41, 5.74) is 1.70. The molecule has 0 aliphatic heterocycles. The number of methoxy groups -OCH3 is 2. The van der Waals surface area contributed by atoms with Crippen LogP contribution < -0.4 is 20.1 Å². The molecule has 0 unspecified atom stereocenters. The molecule has 2 heterocycles. The molecule has 2 aromatic heterocycles. The average molecular weight is 379 g/mol. The van der Waals surface area contributed by atoms with E-state index in [0.29, 0.717) is 29.7 Å². The molecule has 0 aliphatic rings. The van der Waals surface area contributed by atoms with Crippen LogP contribution in [0.25, 0.3) is 0 Å². The van der Waals surface area contributed by atoms with Gasteiger partial charge in [0, 0.05) is 6.20 Å². The van der Waals surface area contributed by atoms with Crippen molar-refractivity contribution in [3.8, 4) is 11.5 Å². The maximum absolute atomic E-state index is 12.3. The molecule has 3 aromatic rings. The van der Waals surface area contributed by atoms with E-state index in [0.717, 1.165) is 11.3 Å². The van der Waals surface area contributed by atoms with Crippen LogP contribution in [0.4, 0.5) is 11.6 Å². The minimum absolute atomic E-state index is 0.182. The molecule has 1 amide bonds. The Balaban J connectivity index is 1.54. The minimum atomic E-state index is -0.198. The Bertz CT molecular complexity index is 917. The molecule has 2 N–H and O–H groups in total. The van der Waals surface area contributed by atoms with Crippen LogP contribution in [0.15, 0.2) is 54.7 Å². The van der Waals surface area contributed by atoms with Crippen molar-refractivity contribution < 1.29 is 14.3 Å². The number of hydrogen-bond acceptors (Lipinski definition) is 7. The van der Waals surface area contributed by atoms with Crippen molar-refractivity contribution in [2.24, 2.45) is 0 Å². The highest BCUT2D eigenvalue weighted by molar-refractivity contribution is 5.91. The number of pyridine rings is 1. The Morgan fingerprint density at radius 3 is 2.43 bits per heavy atom. The quantitative estimate of drug-likeness (QED) is 0.621. The third-order valence-electron chi connectivity index (χ3n) is 3.92. The maximum atomic E-state index is 12.3. The van der Waals surface area contributed by atoms with Gasteiger partial charge in [0.25, 0.3) is 0 Å². The molecule has 0 bridgehead atoms. The van der Waals surface area contributed by atoms with Gasteiger partial charge in [0.15, 0.2) is 17.3 Å². The zero-order valence-corrected chi connectivity index (χ0v) is 15.7. The van der Waals surface area contributed by atoms with Gasteiger partial charge >= 0.3 is 0 Å². The van der Waals surface area contributed by atoms with Gasteiger partial charge in [0.1, 0.15) is 5.82 Å². The van der Waals surface area contributed by atoms with Gasteiger partial charge in [-0.25, -0.2) is 0 Å². The van der Waals surface area contributed by atoms with Gasteiger partial charge in [-0.15, -0.1) is 10.2 Å². The predicted molar refractivity (Wildman–Crippen MR) is 105 cm³/mol. The number of hydrogen-bond donors (Lipinski definition) is 2. The van der Waals surface area contributed by atoms with E-state index in [2.05, 4.69) is 25.8 Å². The molecule has 0 saturated carbocycles. The van der Waals surface area contributed by atoms with Crippen LogP contribution in [0, 0.1) is 0 Å². The van der Waals surface area contributed by atoms with E-state index in [-0.39, 0.29) is 12.3 Å². The van der Waals surface area contributed by atoms with Gasteiger partial charge in [-0.05, 0) is 42.0 Å². The number of anilines is 2. The van der Waals surface area contributed by atoms with Crippen molar-refractivity contribution in [2.45, 2.75) is 13.0 Å². The van der Waals surface area contributed by atoms with Gasteiger partial charge in [-0.3, -0.25) is 9.78 Å². The summed E-state index contributed by atoms with van der Waals surface area (Å²) in [6.07, 6.45) is 1.92. The van der Waals surface area contributed by atoms with Crippen LogP contribution in [0.3, 0.4) is 0 Å². The van der Waals surface area contributed by atoms with E-state index in [4.69, 9.17) is 9.47 Å². The standard InChI is InChI=1S/C20H21N5O3/c1-27-16-7-6-14(11-17(16)28-2)12-20(26)23-19-9-8-18(24-25-19)22-13-15-5-3-4-10-21-15/h3-11H,12-13H2,1-2H3,(H,22,24)(H,23,25,26). The molecular formula is C20H21N5O3. The summed E-state index contributed by atoms with van der Waals surface area (Å²) in [4.78, 5) is 16.5. The number of ether oxygens (including phenoxy) is 2. The molecule has 0 atom stereocenters. The molecular weight excluding hydrogens is 358 g/mol. The third-order valence-corrected chi connectivity index (χ3v) is 3.92. The number of nitrogens with one attached hydrogen (secondary N) is 2. The number of rotatable bonds is 8. The second-order valence-corrected chi connectivity index (χ2v) is 5.89. The largest absolute Gasteiger partial charge is 0.493 e. The molecule has 0 radical (unpaired) electrons.